The van der Waals surface area contributed by atoms with E-state index in [1.807, 2.05) is 21.1 Å². The molecule has 3 atom stereocenters. The fraction of sp³-hybridized carbons (Fsp3) is 0.978. The lowest BCUT2D eigenvalue weighted by molar-refractivity contribution is -0.870. The van der Waals surface area contributed by atoms with Crippen LogP contribution in [0.5, 0.6) is 0 Å². The van der Waals surface area contributed by atoms with E-state index in [4.69, 9.17) is 9.05 Å². The Bertz CT molecular complexity index is 855. The largest absolute Gasteiger partial charge is 0.472 e. The molecule has 1 amide bonds. The van der Waals surface area contributed by atoms with Gasteiger partial charge < -0.3 is 19.8 Å². The van der Waals surface area contributed by atoms with Crippen LogP contribution < -0.4 is 5.32 Å². The highest BCUT2D eigenvalue weighted by Gasteiger charge is 2.28. The first-order valence-corrected chi connectivity index (χ1v) is 24.9. The quantitative estimate of drug-likeness (QED) is 0.0323. The van der Waals surface area contributed by atoms with Crippen LogP contribution >= 0.6 is 7.82 Å². The summed E-state index contributed by atoms with van der Waals surface area (Å²) in [5.74, 6) is -0.145. The molecule has 0 bridgehead atoms. The summed E-state index contributed by atoms with van der Waals surface area (Å²) < 4.78 is 23.6. The predicted molar refractivity (Wildman–Crippen MR) is 231 cm³/mol. The van der Waals surface area contributed by atoms with Crippen LogP contribution in [0.25, 0.3) is 0 Å². The summed E-state index contributed by atoms with van der Waals surface area (Å²) in [7, 11) is 1.63. The van der Waals surface area contributed by atoms with Gasteiger partial charge in [0, 0.05) is 6.42 Å². The number of hydrogen-bond acceptors (Lipinski definition) is 5. The highest BCUT2D eigenvalue weighted by molar-refractivity contribution is 7.47. The Morgan fingerprint density at radius 1 is 0.556 bits per heavy atom. The van der Waals surface area contributed by atoms with Gasteiger partial charge in [0.1, 0.15) is 13.2 Å². The summed E-state index contributed by atoms with van der Waals surface area (Å²) in [5.41, 5.74) is 0. The van der Waals surface area contributed by atoms with Gasteiger partial charge in [-0.05, 0) is 12.8 Å². The van der Waals surface area contributed by atoms with Gasteiger partial charge in [0.05, 0.1) is 39.9 Å². The van der Waals surface area contributed by atoms with Gasteiger partial charge in [-0.1, -0.05) is 213 Å². The number of hydrogen-bond donors (Lipinski definition) is 3. The molecule has 0 aliphatic heterocycles. The third kappa shape index (κ3) is 39.7. The van der Waals surface area contributed by atoms with Crippen molar-refractivity contribution >= 4 is 13.7 Å². The molecule has 3 N–H and O–H groups in total. The Balaban J connectivity index is 4.14. The average molecular weight is 790 g/mol. The molecular weight excluding hydrogens is 695 g/mol. The van der Waals surface area contributed by atoms with Crippen LogP contribution in [-0.2, 0) is 18.4 Å². The van der Waals surface area contributed by atoms with Crippen LogP contribution in [0.2, 0.25) is 0 Å². The number of carbonyl (C=O) groups is 1. The van der Waals surface area contributed by atoms with E-state index < -0.39 is 20.0 Å². The minimum absolute atomic E-state index is 0.0783. The smallest absolute Gasteiger partial charge is 0.391 e. The van der Waals surface area contributed by atoms with E-state index >= 15 is 0 Å². The second-order valence-corrected chi connectivity index (χ2v) is 19.0. The van der Waals surface area contributed by atoms with Crippen LogP contribution in [0.1, 0.15) is 232 Å². The van der Waals surface area contributed by atoms with Crippen molar-refractivity contribution in [1.29, 1.82) is 0 Å². The van der Waals surface area contributed by atoms with Crippen molar-refractivity contribution in [3.8, 4) is 0 Å². The molecule has 0 heterocycles. The molecule has 0 spiro atoms. The minimum atomic E-state index is -4.30. The highest BCUT2D eigenvalue weighted by atomic mass is 31.2. The normalized spacial score (nSPS) is 14.3. The van der Waals surface area contributed by atoms with E-state index in [1.165, 1.54) is 167 Å². The van der Waals surface area contributed by atoms with Crippen molar-refractivity contribution in [2.45, 2.75) is 244 Å². The molecule has 0 saturated heterocycles. The second-order valence-electron chi connectivity index (χ2n) is 17.5. The maximum Gasteiger partial charge on any atom is 0.472 e. The number of phosphoric ester groups is 1. The lowest BCUT2D eigenvalue weighted by Crippen LogP contribution is -2.46. The molecule has 8 nitrogen and oxygen atoms in total. The zero-order valence-corrected chi connectivity index (χ0v) is 37.6. The maximum atomic E-state index is 12.8. The summed E-state index contributed by atoms with van der Waals surface area (Å²) in [6.07, 6.45) is 41.4. The van der Waals surface area contributed by atoms with Crippen molar-refractivity contribution in [2.75, 3.05) is 40.9 Å². The monoisotopic (exact) mass is 790 g/mol. The summed E-state index contributed by atoms with van der Waals surface area (Å²) in [5, 5.41) is 13.9. The van der Waals surface area contributed by atoms with E-state index in [2.05, 4.69) is 19.2 Å². The summed E-state index contributed by atoms with van der Waals surface area (Å²) in [6, 6.07) is -0.752. The van der Waals surface area contributed by atoms with Crippen LogP contribution in [0.15, 0.2) is 0 Å². The molecule has 0 aromatic rings. The zero-order valence-electron chi connectivity index (χ0n) is 36.7. The highest BCUT2D eigenvalue weighted by Crippen LogP contribution is 2.43. The number of aliphatic hydroxyl groups excluding tert-OH is 1. The molecule has 0 radical (unpaired) electrons. The molecular formula is C45H94N2O6P+. The number of rotatable bonds is 43. The summed E-state index contributed by atoms with van der Waals surface area (Å²) in [4.78, 5) is 23.1. The minimum Gasteiger partial charge on any atom is -0.391 e. The van der Waals surface area contributed by atoms with Crippen molar-refractivity contribution in [1.82, 2.24) is 5.32 Å². The third-order valence-electron chi connectivity index (χ3n) is 10.9. The molecule has 324 valence electrons. The van der Waals surface area contributed by atoms with Crippen LogP contribution in [0.4, 0.5) is 0 Å². The number of likely N-dealkylation sites (N-methyl/N-ethyl adjacent to an activating group) is 1. The zero-order chi connectivity index (χ0) is 40.0. The van der Waals surface area contributed by atoms with Crippen molar-refractivity contribution < 1.29 is 32.9 Å². The Labute approximate surface area is 336 Å². The molecule has 0 saturated carbocycles. The van der Waals surface area contributed by atoms with Crippen molar-refractivity contribution in [2.24, 2.45) is 0 Å². The number of aliphatic hydroxyl groups is 1. The molecule has 0 rings (SSSR count). The Hall–Kier alpha value is -0.500. The van der Waals surface area contributed by atoms with Crippen molar-refractivity contribution in [3.05, 3.63) is 0 Å². The van der Waals surface area contributed by atoms with Crippen LogP contribution in [0.3, 0.4) is 0 Å². The summed E-state index contributed by atoms with van der Waals surface area (Å²) >= 11 is 0. The third-order valence-corrected chi connectivity index (χ3v) is 11.8. The number of phosphoric acid groups is 1. The van der Waals surface area contributed by atoms with Gasteiger partial charge in [0.15, 0.2) is 0 Å². The van der Waals surface area contributed by atoms with E-state index in [0.717, 1.165) is 38.5 Å². The van der Waals surface area contributed by atoms with Crippen LogP contribution in [0, 0.1) is 0 Å². The van der Waals surface area contributed by atoms with Gasteiger partial charge in [0.2, 0.25) is 5.91 Å². The lowest BCUT2D eigenvalue weighted by atomic mass is 10.0. The topological polar surface area (TPSA) is 105 Å². The maximum absolute atomic E-state index is 12.8. The van der Waals surface area contributed by atoms with Gasteiger partial charge in [0.25, 0.3) is 0 Å². The van der Waals surface area contributed by atoms with Crippen molar-refractivity contribution in [3.63, 3.8) is 0 Å². The van der Waals surface area contributed by atoms with E-state index in [0.29, 0.717) is 23.9 Å². The van der Waals surface area contributed by atoms with Gasteiger partial charge in [-0.25, -0.2) is 4.57 Å². The predicted octanol–water partition coefficient (Wildman–Crippen LogP) is 13.0. The molecule has 0 aromatic carbocycles. The number of quaternary nitrogens is 1. The molecule has 0 aromatic heterocycles. The first kappa shape index (κ1) is 53.5. The fourth-order valence-corrected chi connectivity index (χ4v) is 7.84. The van der Waals surface area contributed by atoms with Gasteiger partial charge in [-0.15, -0.1) is 0 Å². The van der Waals surface area contributed by atoms with Gasteiger partial charge >= 0.3 is 7.82 Å². The van der Waals surface area contributed by atoms with E-state index in [9.17, 15) is 19.4 Å². The lowest BCUT2D eigenvalue weighted by Gasteiger charge is -2.26. The summed E-state index contributed by atoms with van der Waals surface area (Å²) in [6.45, 7) is 4.89. The SMILES string of the molecule is CCCCCCCCCCCCCCCCCCCCCCCCCC(O)C(COP(=O)(O)OCC[N+](C)(C)C)NC(=O)CCCCCCCCCCC. The average Bonchev–Trinajstić information content (AvgIpc) is 3.12. The molecule has 0 aliphatic rings. The molecule has 3 unspecified atom stereocenters. The number of carbonyl (C=O) groups excluding carboxylic acids is 1. The fourth-order valence-electron chi connectivity index (χ4n) is 7.11. The Morgan fingerprint density at radius 3 is 1.24 bits per heavy atom. The standard InChI is InChI=1S/C45H93N2O6P/c1-6-8-10-12-14-16-17-18-19-20-21-22-23-24-25-26-27-28-29-31-32-34-36-38-44(48)43(42-53-54(50,51)52-41-40-47(3,4)5)46-45(49)39-37-35-33-30-15-13-11-9-7-2/h43-44,48H,6-42H2,1-5H3,(H-,46,49,50,51)/p+1. The van der Waals surface area contributed by atoms with Gasteiger partial charge in [-0.2, -0.15) is 0 Å². The van der Waals surface area contributed by atoms with Crippen LogP contribution in [-0.4, -0.2) is 73.4 Å². The van der Waals surface area contributed by atoms with E-state index in [1.54, 1.807) is 0 Å². The number of amides is 1. The molecule has 0 aliphatic carbocycles. The Morgan fingerprint density at radius 2 is 0.889 bits per heavy atom. The molecule has 54 heavy (non-hydrogen) atoms. The Kier molecular flexibility index (Phi) is 37.7. The molecule has 0 fully saturated rings. The molecule has 9 heteroatoms. The second kappa shape index (κ2) is 38.0. The first-order valence-electron chi connectivity index (χ1n) is 23.4. The number of nitrogens with one attached hydrogen (secondary N) is 1. The van der Waals surface area contributed by atoms with E-state index in [-0.39, 0.29) is 19.1 Å². The number of unbranched alkanes of at least 4 members (excludes halogenated alkanes) is 30. The number of nitrogens with zero attached hydrogens (tertiary/aromatic N) is 1. The van der Waals surface area contributed by atoms with Gasteiger partial charge in [-0.3, -0.25) is 13.8 Å². The first-order chi connectivity index (χ1) is 26.0.